The van der Waals surface area contributed by atoms with Crippen molar-refractivity contribution in [2.45, 2.75) is 0 Å². The van der Waals surface area contributed by atoms with E-state index in [0.717, 1.165) is 0 Å². The van der Waals surface area contributed by atoms with Gasteiger partial charge in [0.15, 0.2) is 0 Å². The number of hydrogen-bond donors (Lipinski definition) is 1. The van der Waals surface area contributed by atoms with Gasteiger partial charge < -0.3 is 5.32 Å². The summed E-state index contributed by atoms with van der Waals surface area (Å²) in [5, 5.41) is 12.9. The van der Waals surface area contributed by atoms with Crippen LogP contribution in [0.15, 0.2) is 36.9 Å². The van der Waals surface area contributed by atoms with Gasteiger partial charge in [-0.3, -0.25) is 14.9 Å². The fourth-order valence-electron chi connectivity index (χ4n) is 1.00. The van der Waals surface area contributed by atoms with Crippen molar-refractivity contribution < 1.29 is 9.72 Å². The highest BCUT2D eigenvalue weighted by atomic mass is 16.6. The van der Waals surface area contributed by atoms with E-state index in [1.165, 1.54) is 24.3 Å². The van der Waals surface area contributed by atoms with Gasteiger partial charge in [-0.25, -0.2) is 0 Å². The van der Waals surface area contributed by atoms with Crippen molar-refractivity contribution in [2.24, 2.45) is 0 Å². The lowest BCUT2D eigenvalue weighted by Crippen LogP contribution is -2.22. The first-order valence-corrected chi connectivity index (χ1v) is 4.28. The van der Waals surface area contributed by atoms with E-state index in [1.54, 1.807) is 6.08 Å². The minimum Gasteiger partial charge on any atom is -0.349 e. The van der Waals surface area contributed by atoms with Crippen molar-refractivity contribution in [2.75, 3.05) is 6.54 Å². The van der Waals surface area contributed by atoms with Gasteiger partial charge >= 0.3 is 0 Å². The monoisotopic (exact) mass is 206 g/mol. The molecule has 1 amide bonds. The Labute approximate surface area is 86.6 Å². The molecular formula is C10H10N2O3. The van der Waals surface area contributed by atoms with E-state index in [9.17, 15) is 14.9 Å². The van der Waals surface area contributed by atoms with Crippen LogP contribution in [0.4, 0.5) is 5.69 Å². The molecule has 0 fully saturated rings. The minimum atomic E-state index is -0.509. The maximum Gasteiger partial charge on any atom is 0.269 e. The van der Waals surface area contributed by atoms with E-state index in [0.29, 0.717) is 12.1 Å². The molecule has 0 unspecified atom stereocenters. The Morgan fingerprint density at radius 3 is 2.53 bits per heavy atom. The molecule has 0 saturated heterocycles. The Morgan fingerprint density at radius 2 is 2.07 bits per heavy atom. The fourth-order valence-corrected chi connectivity index (χ4v) is 1.00. The van der Waals surface area contributed by atoms with E-state index < -0.39 is 4.92 Å². The van der Waals surface area contributed by atoms with Crippen molar-refractivity contribution in [3.8, 4) is 0 Å². The van der Waals surface area contributed by atoms with Crippen LogP contribution in [0.25, 0.3) is 0 Å². The number of nitro groups is 1. The highest BCUT2D eigenvalue weighted by Crippen LogP contribution is 2.11. The van der Waals surface area contributed by atoms with E-state index in [1.807, 2.05) is 0 Å². The lowest BCUT2D eigenvalue weighted by Gasteiger charge is -2.01. The summed E-state index contributed by atoms with van der Waals surface area (Å²) < 4.78 is 0. The first kappa shape index (κ1) is 10.9. The summed E-state index contributed by atoms with van der Waals surface area (Å²) in [5.41, 5.74) is 0.359. The number of rotatable bonds is 4. The molecule has 0 bridgehead atoms. The molecule has 0 atom stereocenters. The molecule has 1 rings (SSSR count). The third-order valence-electron chi connectivity index (χ3n) is 1.75. The number of benzene rings is 1. The summed E-state index contributed by atoms with van der Waals surface area (Å²) in [4.78, 5) is 21.2. The second-order valence-electron chi connectivity index (χ2n) is 2.80. The average Bonchev–Trinajstić information content (AvgIpc) is 2.26. The van der Waals surface area contributed by atoms with Crippen LogP contribution in [-0.4, -0.2) is 17.4 Å². The van der Waals surface area contributed by atoms with Gasteiger partial charge in [-0.15, -0.1) is 6.58 Å². The molecule has 1 aromatic rings. The second-order valence-corrected chi connectivity index (χ2v) is 2.80. The molecule has 5 nitrogen and oxygen atoms in total. The topological polar surface area (TPSA) is 72.2 Å². The van der Waals surface area contributed by atoms with Gasteiger partial charge in [-0.05, 0) is 12.1 Å². The number of nitro benzene ring substituents is 1. The quantitative estimate of drug-likeness (QED) is 0.461. The van der Waals surface area contributed by atoms with Gasteiger partial charge in [-0.1, -0.05) is 6.08 Å². The SMILES string of the molecule is C=CCNC(=O)c1ccc([N+](=O)[O-])cc1. The van der Waals surface area contributed by atoms with Gasteiger partial charge in [0.2, 0.25) is 0 Å². The molecule has 1 N–H and O–H groups in total. The van der Waals surface area contributed by atoms with Crippen LogP contribution in [0.3, 0.4) is 0 Å². The summed E-state index contributed by atoms with van der Waals surface area (Å²) in [6, 6.07) is 5.42. The highest BCUT2D eigenvalue weighted by molar-refractivity contribution is 5.94. The molecule has 0 aliphatic carbocycles. The number of nitrogens with one attached hydrogen (secondary N) is 1. The lowest BCUT2D eigenvalue weighted by molar-refractivity contribution is -0.384. The summed E-state index contributed by atoms with van der Waals surface area (Å²) in [6.45, 7) is 3.83. The average molecular weight is 206 g/mol. The number of carbonyl (C=O) groups excluding carboxylic acids is 1. The van der Waals surface area contributed by atoms with Crippen LogP contribution >= 0.6 is 0 Å². The largest absolute Gasteiger partial charge is 0.349 e. The third kappa shape index (κ3) is 2.91. The van der Waals surface area contributed by atoms with Crippen molar-refractivity contribution in [1.29, 1.82) is 0 Å². The van der Waals surface area contributed by atoms with Crippen molar-refractivity contribution >= 4 is 11.6 Å². The minimum absolute atomic E-state index is 0.0322. The second kappa shape index (κ2) is 4.90. The Balaban J connectivity index is 2.75. The maximum absolute atomic E-state index is 11.4. The zero-order valence-electron chi connectivity index (χ0n) is 7.97. The van der Waals surface area contributed by atoms with Crippen molar-refractivity contribution in [3.05, 3.63) is 52.6 Å². The Morgan fingerprint density at radius 1 is 1.47 bits per heavy atom. The highest BCUT2D eigenvalue weighted by Gasteiger charge is 2.07. The zero-order valence-corrected chi connectivity index (χ0v) is 7.97. The van der Waals surface area contributed by atoms with E-state index in [-0.39, 0.29) is 11.6 Å². The fraction of sp³-hybridized carbons (Fsp3) is 0.100. The smallest absolute Gasteiger partial charge is 0.269 e. The maximum atomic E-state index is 11.4. The molecule has 0 radical (unpaired) electrons. The molecule has 1 aromatic carbocycles. The van der Waals surface area contributed by atoms with Crippen molar-refractivity contribution in [1.82, 2.24) is 5.32 Å². The molecule has 0 aromatic heterocycles. The molecule has 15 heavy (non-hydrogen) atoms. The first-order valence-electron chi connectivity index (χ1n) is 4.28. The molecule has 0 aliphatic heterocycles. The third-order valence-corrected chi connectivity index (χ3v) is 1.75. The van der Waals surface area contributed by atoms with Crippen LogP contribution in [0.2, 0.25) is 0 Å². The first-order chi connectivity index (χ1) is 7.15. The zero-order chi connectivity index (χ0) is 11.3. The molecule has 0 heterocycles. The molecule has 5 heteroatoms. The van der Waals surface area contributed by atoms with Crippen molar-refractivity contribution in [3.63, 3.8) is 0 Å². The van der Waals surface area contributed by atoms with Crippen LogP contribution in [0, 0.1) is 10.1 Å². The molecule has 0 saturated carbocycles. The Hall–Kier alpha value is -2.17. The molecule has 0 aliphatic rings. The van der Waals surface area contributed by atoms with Gasteiger partial charge in [0.25, 0.3) is 11.6 Å². The van der Waals surface area contributed by atoms with E-state index >= 15 is 0 Å². The normalized spacial score (nSPS) is 9.33. The van der Waals surface area contributed by atoms with Gasteiger partial charge in [-0.2, -0.15) is 0 Å². The number of nitrogens with zero attached hydrogens (tertiary/aromatic N) is 1. The number of hydrogen-bond acceptors (Lipinski definition) is 3. The summed E-state index contributed by atoms with van der Waals surface area (Å²) in [7, 11) is 0. The van der Waals surface area contributed by atoms with Crippen LogP contribution in [0.1, 0.15) is 10.4 Å². The number of amides is 1. The Kier molecular flexibility index (Phi) is 3.56. The Bertz CT molecular complexity index is 384. The van der Waals surface area contributed by atoms with E-state index in [4.69, 9.17) is 0 Å². The standard InChI is InChI=1S/C10H10N2O3/c1-2-7-11-10(13)8-3-5-9(6-4-8)12(14)15/h2-6H,1,7H2,(H,11,13). The van der Waals surface area contributed by atoms with Crippen LogP contribution in [0.5, 0.6) is 0 Å². The van der Waals surface area contributed by atoms with E-state index in [2.05, 4.69) is 11.9 Å². The molecular weight excluding hydrogens is 196 g/mol. The number of non-ortho nitro benzene ring substituents is 1. The molecule has 78 valence electrons. The van der Waals surface area contributed by atoms with Gasteiger partial charge in [0, 0.05) is 24.2 Å². The predicted molar refractivity (Wildman–Crippen MR) is 55.6 cm³/mol. The van der Waals surface area contributed by atoms with Gasteiger partial charge in [0.1, 0.15) is 0 Å². The van der Waals surface area contributed by atoms with Crippen LogP contribution < -0.4 is 5.32 Å². The summed E-state index contributed by atoms with van der Waals surface area (Å²) in [5.74, 6) is -0.273. The molecule has 0 spiro atoms. The lowest BCUT2D eigenvalue weighted by atomic mass is 10.2. The summed E-state index contributed by atoms with van der Waals surface area (Å²) >= 11 is 0. The summed E-state index contributed by atoms with van der Waals surface area (Å²) in [6.07, 6.45) is 1.56. The number of carbonyl (C=O) groups is 1. The van der Waals surface area contributed by atoms with Crippen LogP contribution in [-0.2, 0) is 0 Å². The van der Waals surface area contributed by atoms with Gasteiger partial charge in [0.05, 0.1) is 4.92 Å². The predicted octanol–water partition coefficient (Wildman–Crippen LogP) is 1.51.